The van der Waals surface area contributed by atoms with Crippen LogP contribution in [0.15, 0.2) is 42.5 Å². The van der Waals surface area contributed by atoms with Crippen LogP contribution in [0.5, 0.6) is 0 Å². The van der Waals surface area contributed by atoms with Gasteiger partial charge in [0, 0.05) is 12.0 Å². The van der Waals surface area contributed by atoms with Crippen molar-refractivity contribution in [3.8, 4) is 11.4 Å². The highest BCUT2D eigenvalue weighted by Gasteiger charge is 2.15. The average Bonchev–Trinajstić information content (AvgIpc) is 3.26. The summed E-state index contributed by atoms with van der Waals surface area (Å²) in [6.07, 6.45) is 6.46. The van der Waals surface area contributed by atoms with Crippen molar-refractivity contribution in [1.29, 1.82) is 0 Å². The van der Waals surface area contributed by atoms with Crippen LogP contribution in [-0.2, 0) is 16.1 Å². The summed E-state index contributed by atoms with van der Waals surface area (Å²) in [6.45, 7) is -0.122. The molecule has 0 fully saturated rings. The third-order valence-electron chi connectivity index (χ3n) is 3.67. The van der Waals surface area contributed by atoms with E-state index in [0.29, 0.717) is 12.2 Å². The molecular weight excluding hydrogens is 308 g/mol. The second kappa shape index (κ2) is 7.49. The van der Waals surface area contributed by atoms with Crippen molar-refractivity contribution in [2.75, 3.05) is 0 Å². The molecule has 1 atom stereocenters. The molecule has 0 bridgehead atoms. The first kappa shape index (κ1) is 15.9. The molecule has 2 amide bonds. The van der Waals surface area contributed by atoms with Gasteiger partial charge in [-0.05, 0) is 24.0 Å². The van der Waals surface area contributed by atoms with Crippen LogP contribution in [0.3, 0.4) is 0 Å². The SMILES string of the molecule is O=C(C[C@@H]1C=CCC1)NNC(=O)Cn1nnc(-c2ccccc2)n1. The Hall–Kier alpha value is -3.03. The van der Waals surface area contributed by atoms with Gasteiger partial charge < -0.3 is 0 Å². The summed E-state index contributed by atoms with van der Waals surface area (Å²) in [7, 11) is 0. The van der Waals surface area contributed by atoms with E-state index in [1.165, 1.54) is 4.80 Å². The first-order valence-electron chi connectivity index (χ1n) is 7.78. The van der Waals surface area contributed by atoms with Crippen molar-refractivity contribution in [3.63, 3.8) is 0 Å². The number of benzene rings is 1. The smallest absolute Gasteiger partial charge is 0.262 e. The molecule has 0 spiro atoms. The Morgan fingerprint density at radius 3 is 2.71 bits per heavy atom. The average molecular weight is 326 g/mol. The molecule has 0 aliphatic heterocycles. The van der Waals surface area contributed by atoms with Crippen LogP contribution in [-0.4, -0.2) is 32.0 Å². The lowest BCUT2D eigenvalue weighted by Crippen LogP contribution is -2.43. The Labute approximate surface area is 138 Å². The molecule has 124 valence electrons. The van der Waals surface area contributed by atoms with Gasteiger partial charge in [0.15, 0.2) is 0 Å². The molecule has 0 saturated carbocycles. The zero-order valence-electron chi connectivity index (χ0n) is 13.1. The second-order valence-electron chi connectivity index (χ2n) is 5.58. The predicted molar refractivity (Wildman–Crippen MR) is 86.0 cm³/mol. The lowest BCUT2D eigenvalue weighted by molar-refractivity contribution is -0.129. The highest BCUT2D eigenvalue weighted by molar-refractivity contribution is 5.82. The molecule has 1 aliphatic carbocycles. The summed E-state index contributed by atoms with van der Waals surface area (Å²) < 4.78 is 0. The maximum absolute atomic E-state index is 11.8. The van der Waals surface area contributed by atoms with Crippen molar-refractivity contribution >= 4 is 11.8 Å². The van der Waals surface area contributed by atoms with Crippen LogP contribution in [0.2, 0.25) is 0 Å². The Morgan fingerprint density at radius 1 is 1.17 bits per heavy atom. The number of aromatic nitrogens is 4. The molecule has 1 aliphatic rings. The molecule has 24 heavy (non-hydrogen) atoms. The van der Waals surface area contributed by atoms with Crippen LogP contribution in [0, 0.1) is 5.92 Å². The van der Waals surface area contributed by atoms with Gasteiger partial charge in [-0.1, -0.05) is 42.5 Å². The summed E-state index contributed by atoms with van der Waals surface area (Å²) in [5, 5.41) is 11.9. The zero-order chi connectivity index (χ0) is 16.8. The molecule has 8 nitrogen and oxygen atoms in total. The maximum Gasteiger partial charge on any atom is 0.262 e. The minimum absolute atomic E-state index is 0.122. The lowest BCUT2D eigenvalue weighted by atomic mass is 10.1. The van der Waals surface area contributed by atoms with Gasteiger partial charge in [0.25, 0.3) is 5.91 Å². The van der Waals surface area contributed by atoms with Crippen molar-refractivity contribution in [3.05, 3.63) is 42.5 Å². The Balaban J connectivity index is 1.46. The Kier molecular flexibility index (Phi) is 4.95. The quantitative estimate of drug-likeness (QED) is 0.626. The van der Waals surface area contributed by atoms with Crippen molar-refractivity contribution in [2.45, 2.75) is 25.8 Å². The van der Waals surface area contributed by atoms with Gasteiger partial charge in [0.05, 0.1) is 0 Å². The van der Waals surface area contributed by atoms with Gasteiger partial charge >= 0.3 is 0 Å². The first-order valence-corrected chi connectivity index (χ1v) is 7.78. The van der Waals surface area contributed by atoms with E-state index in [4.69, 9.17) is 0 Å². The van der Waals surface area contributed by atoms with Gasteiger partial charge in [-0.25, -0.2) is 0 Å². The Bertz CT molecular complexity index is 740. The predicted octanol–water partition coefficient (Wildman–Crippen LogP) is 0.844. The van der Waals surface area contributed by atoms with E-state index in [-0.39, 0.29) is 18.4 Å². The van der Waals surface area contributed by atoms with Gasteiger partial charge in [0.2, 0.25) is 11.7 Å². The summed E-state index contributed by atoms with van der Waals surface area (Å²) in [5.74, 6) is 0.0755. The number of allylic oxidation sites excluding steroid dienone is 2. The number of nitrogens with one attached hydrogen (secondary N) is 2. The van der Waals surface area contributed by atoms with Gasteiger partial charge in [0.1, 0.15) is 6.54 Å². The number of rotatable bonds is 5. The second-order valence-corrected chi connectivity index (χ2v) is 5.58. The summed E-state index contributed by atoms with van der Waals surface area (Å²) >= 11 is 0. The number of hydrogen-bond acceptors (Lipinski definition) is 5. The first-order chi connectivity index (χ1) is 11.7. The number of tetrazole rings is 1. The van der Waals surface area contributed by atoms with Crippen LogP contribution in [0.1, 0.15) is 19.3 Å². The summed E-state index contributed by atoms with van der Waals surface area (Å²) in [6, 6.07) is 9.36. The van der Waals surface area contributed by atoms with E-state index in [1.54, 1.807) is 0 Å². The normalized spacial score (nSPS) is 16.1. The number of hydrogen-bond donors (Lipinski definition) is 2. The highest BCUT2D eigenvalue weighted by Crippen LogP contribution is 2.19. The van der Waals surface area contributed by atoms with Gasteiger partial charge in [-0.3, -0.25) is 20.4 Å². The van der Waals surface area contributed by atoms with E-state index < -0.39 is 5.91 Å². The number of carbonyl (C=O) groups excluding carboxylic acids is 2. The summed E-state index contributed by atoms with van der Waals surface area (Å²) in [5.41, 5.74) is 5.59. The summed E-state index contributed by atoms with van der Waals surface area (Å²) in [4.78, 5) is 24.8. The molecule has 1 heterocycles. The van der Waals surface area contributed by atoms with E-state index in [1.807, 2.05) is 36.4 Å². The van der Waals surface area contributed by atoms with E-state index >= 15 is 0 Å². The zero-order valence-corrected chi connectivity index (χ0v) is 13.1. The monoisotopic (exact) mass is 326 g/mol. The molecule has 3 rings (SSSR count). The topological polar surface area (TPSA) is 102 Å². The van der Waals surface area contributed by atoms with Crippen LogP contribution in [0.25, 0.3) is 11.4 Å². The maximum atomic E-state index is 11.8. The molecule has 1 aromatic heterocycles. The fraction of sp³-hybridized carbons (Fsp3) is 0.312. The minimum atomic E-state index is -0.415. The minimum Gasteiger partial charge on any atom is -0.273 e. The van der Waals surface area contributed by atoms with Crippen LogP contribution < -0.4 is 10.9 Å². The molecule has 0 saturated heterocycles. The van der Waals surface area contributed by atoms with Gasteiger partial charge in [-0.2, -0.15) is 4.80 Å². The Morgan fingerprint density at radius 2 is 1.96 bits per heavy atom. The largest absolute Gasteiger partial charge is 0.273 e. The van der Waals surface area contributed by atoms with Crippen LogP contribution >= 0.6 is 0 Å². The molecule has 0 unspecified atom stereocenters. The lowest BCUT2D eigenvalue weighted by Gasteiger charge is -2.09. The highest BCUT2D eigenvalue weighted by atomic mass is 16.2. The van der Waals surface area contributed by atoms with E-state index in [9.17, 15) is 9.59 Å². The van der Waals surface area contributed by atoms with E-state index in [0.717, 1.165) is 18.4 Å². The standard InChI is InChI=1S/C16H18N6O2/c23-14(10-12-6-4-5-7-12)17-18-15(24)11-22-20-16(19-21-22)13-8-2-1-3-9-13/h1-4,6,8-9,12H,5,7,10-11H2,(H,17,23)(H,18,24)/t12-/m1/s1. The van der Waals surface area contributed by atoms with Crippen LogP contribution in [0.4, 0.5) is 0 Å². The third-order valence-corrected chi connectivity index (χ3v) is 3.67. The molecular formula is C16H18N6O2. The molecule has 8 heteroatoms. The fourth-order valence-electron chi connectivity index (χ4n) is 2.47. The van der Waals surface area contributed by atoms with Crippen molar-refractivity contribution in [2.24, 2.45) is 5.92 Å². The van der Waals surface area contributed by atoms with Crippen molar-refractivity contribution in [1.82, 2.24) is 31.1 Å². The number of nitrogens with zero attached hydrogens (tertiary/aromatic N) is 4. The van der Waals surface area contributed by atoms with Crippen molar-refractivity contribution < 1.29 is 9.59 Å². The molecule has 2 N–H and O–H groups in total. The van der Waals surface area contributed by atoms with E-state index in [2.05, 4.69) is 32.3 Å². The fourth-order valence-corrected chi connectivity index (χ4v) is 2.47. The molecule has 1 aromatic carbocycles. The number of amides is 2. The molecule has 2 aromatic rings. The molecule has 0 radical (unpaired) electrons. The third kappa shape index (κ3) is 4.25. The number of hydrazine groups is 1. The number of carbonyl (C=O) groups is 2. The van der Waals surface area contributed by atoms with Gasteiger partial charge in [-0.15, -0.1) is 10.2 Å².